The summed E-state index contributed by atoms with van der Waals surface area (Å²) in [5, 5.41) is 4.79. The molecule has 3 nitrogen and oxygen atoms in total. The van der Waals surface area contributed by atoms with Gasteiger partial charge in [0, 0.05) is 39.1 Å². The summed E-state index contributed by atoms with van der Waals surface area (Å²) in [6.07, 6.45) is 4.63. The van der Waals surface area contributed by atoms with E-state index < -0.39 is 0 Å². The quantitative estimate of drug-likeness (QED) is 0.165. The van der Waals surface area contributed by atoms with Crippen molar-refractivity contribution in [2.24, 2.45) is 0 Å². The molecule has 4 aliphatic rings. The fraction of sp³-hybridized carbons (Fsp3) is 0.258. The van der Waals surface area contributed by atoms with Crippen LogP contribution in [-0.2, 0) is 21.7 Å². The predicted octanol–water partition coefficient (Wildman–Crippen LogP) is 15.8. The molecule has 1 aromatic heterocycles. The molecule has 0 fully saturated rings. The Morgan fingerprint density at radius 1 is 0.455 bits per heavy atom. The van der Waals surface area contributed by atoms with Crippen LogP contribution in [0.4, 0.5) is 28.4 Å². The summed E-state index contributed by atoms with van der Waals surface area (Å²) in [5.74, 6) is 0. The first-order valence-electron chi connectivity index (χ1n) is 24.3. The smallest absolute Gasteiger partial charge is 0.333 e. The van der Waals surface area contributed by atoms with E-state index in [1.807, 2.05) is 0 Å². The lowest BCUT2D eigenvalue weighted by Gasteiger charge is -2.48. The van der Waals surface area contributed by atoms with E-state index in [1.165, 1.54) is 95.4 Å². The monoisotopic (exact) mass is 856 g/mol. The first-order valence-corrected chi connectivity index (χ1v) is 24.3. The SMILES string of the molecule is CC1(C)CCC(C)(C)c2cc(N3c4cc5c(cc4B4c6c(cc7c(oc8ccccc87)c63)-c3cc6ccccc6cc3N4c3ccc(-c4ccccc4)cc3)C(C)(C)CCC5(C)C)ccc21. The van der Waals surface area contributed by atoms with E-state index in [1.54, 1.807) is 0 Å². The van der Waals surface area contributed by atoms with Gasteiger partial charge in [0.15, 0.2) is 5.58 Å². The van der Waals surface area contributed by atoms with Crippen LogP contribution in [0.3, 0.4) is 0 Å². The van der Waals surface area contributed by atoms with Crippen molar-refractivity contribution in [3.63, 3.8) is 0 Å². The highest BCUT2D eigenvalue weighted by Crippen LogP contribution is 2.55. The Bertz CT molecular complexity index is 3500. The number of para-hydroxylation sites is 1. The van der Waals surface area contributed by atoms with Crippen LogP contribution in [0, 0.1) is 0 Å². The van der Waals surface area contributed by atoms with Crippen LogP contribution in [0.1, 0.15) is 103 Å². The lowest BCUT2D eigenvalue weighted by atomic mass is 9.42. The zero-order valence-corrected chi connectivity index (χ0v) is 39.6. The van der Waals surface area contributed by atoms with Crippen molar-refractivity contribution in [1.29, 1.82) is 0 Å². The number of hydrogen-bond donors (Lipinski definition) is 0. The Hall–Kier alpha value is -6.52. The minimum Gasteiger partial charge on any atom is -0.454 e. The largest absolute Gasteiger partial charge is 0.454 e. The average Bonchev–Trinajstić information content (AvgIpc) is 3.70. The maximum atomic E-state index is 7.27. The maximum Gasteiger partial charge on any atom is 0.333 e. The Kier molecular flexibility index (Phi) is 8.17. The molecule has 0 unspecified atom stereocenters. The first-order chi connectivity index (χ1) is 31.7. The normalized spacial score (nSPS) is 18.2. The Labute approximate surface area is 390 Å². The third kappa shape index (κ3) is 5.63. The molecular formula is C62H57BN2O. The van der Waals surface area contributed by atoms with Crippen molar-refractivity contribution in [1.82, 2.24) is 0 Å². The molecule has 4 heteroatoms. The molecule has 0 spiro atoms. The van der Waals surface area contributed by atoms with Crippen LogP contribution < -0.4 is 20.6 Å². The molecular weight excluding hydrogens is 800 g/mol. The van der Waals surface area contributed by atoms with Gasteiger partial charge in [0.2, 0.25) is 0 Å². The summed E-state index contributed by atoms with van der Waals surface area (Å²) >= 11 is 0. The second kappa shape index (κ2) is 13.5. The van der Waals surface area contributed by atoms with Gasteiger partial charge in [-0.05, 0) is 163 Å². The molecule has 0 saturated carbocycles. The number of hydrogen-bond acceptors (Lipinski definition) is 3. The Morgan fingerprint density at radius 3 is 1.74 bits per heavy atom. The minimum absolute atomic E-state index is 0.00919. The minimum atomic E-state index is -0.144. The van der Waals surface area contributed by atoms with Crippen molar-refractivity contribution in [3.8, 4) is 22.3 Å². The lowest BCUT2D eigenvalue weighted by Crippen LogP contribution is -2.62. The van der Waals surface area contributed by atoms with Crippen molar-refractivity contribution < 1.29 is 4.42 Å². The number of furan rings is 1. The van der Waals surface area contributed by atoms with Crippen LogP contribution >= 0.6 is 0 Å². The summed E-state index contributed by atoms with van der Waals surface area (Å²) in [5.41, 5.74) is 21.5. The third-order valence-corrected chi connectivity index (χ3v) is 16.7. The van der Waals surface area contributed by atoms with E-state index in [9.17, 15) is 0 Å². The molecule has 9 aromatic rings. The van der Waals surface area contributed by atoms with Crippen LogP contribution in [0.25, 0.3) is 55.0 Å². The van der Waals surface area contributed by atoms with Gasteiger partial charge in [-0.15, -0.1) is 0 Å². The Balaban J connectivity index is 1.19. The van der Waals surface area contributed by atoms with E-state index in [0.717, 1.165) is 46.9 Å². The fourth-order valence-corrected chi connectivity index (χ4v) is 12.7. The van der Waals surface area contributed by atoms with Crippen molar-refractivity contribution in [2.75, 3.05) is 9.71 Å². The molecule has 2 aliphatic carbocycles. The first kappa shape index (κ1) is 39.8. The van der Waals surface area contributed by atoms with Gasteiger partial charge in [-0.1, -0.05) is 152 Å². The topological polar surface area (TPSA) is 19.6 Å². The van der Waals surface area contributed by atoms with Gasteiger partial charge in [-0.2, -0.15) is 0 Å². The highest BCUT2D eigenvalue weighted by Gasteiger charge is 2.49. The molecule has 0 amide bonds. The fourth-order valence-electron chi connectivity index (χ4n) is 12.7. The summed E-state index contributed by atoms with van der Waals surface area (Å²) < 4.78 is 7.27. The Morgan fingerprint density at radius 2 is 1.03 bits per heavy atom. The van der Waals surface area contributed by atoms with Gasteiger partial charge >= 0.3 is 6.85 Å². The molecule has 66 heavy (non-hydrogen) atoms. The molecule has 8 aromatic carbocycles. The van der Waals surface area contributed by atoms with Gasteiger partial charge in [0.25, 0.3) is 0 Å². The molecule has 324 valence electrons. The lowest BCUT2D eigenvalue weighted by molar-refractivity contribution is 0.332. The average molecular weight is 857 g/mol. The van der Waals surface area contributed by atoms with Crippen molar-refractivity contribution in [2.45, 2.75) is 103 Å². The van der Waals surface area contributed by atoms with Gasteiger partial charge in [0.05, 0.1) is 5.69 Å². The maximum absolute atomic E-state index is 7.27. The molecule has 13 rings (SSSR count). The zero-order chi connectivity index (χ0) is 45.1. The van der Waals surface area contributed by atoms with Gasteiger partial charge in [-0.25, -0.2) is 0 Å². The van der Waals surface area contributed by atoms with E-state index in [0.29, 0.717) is 0 Å². The highest BCUT2D eigenvalue weighted by molar-refractivity contribution is 6.94. The summed E-state index contributed by atoms with van der Waals surface area (Å²) in [4.78, 5) is 5.33. The third-order valence-electron chi connectivity index (χ3n) is 16.7. The second-order valence-electron chi connectivity index (χ2n) is 22.6. The molecule has 2 aliphatic heterocycles. The van der Waals surface area contributed by atoms with Gasteiger partial charge < -0.3 is 14.1 Å². The van der Waals surface area contributed by atoms with E-state index in [-0.39, 0.29) is 28.5 Å². The van der Waals surface area contributed by atoms with Crippen LogP contribution in [0.15, 0.2) is 156 Å². The molecule has 0 bridgehead atoms. The highest BCUT2D eigenvalue weighted by atomic mass is 16.3. The number of benzene rings is 8. The van der Waals surface area contributed by atoms with E-state index >= 15 is 0 Å². The molecule has 0 atom stereocenters. The van der Waals surface area contributed by atoms with Gasteiger partial charge in [0.1, 0.15) is 5.58 Å². The standard InChI is InChI=1S/C62H57BN2O/c1-59(2)28-29-60(3,4)49-34-43(26-27-48(49)59)64-54-37-51-50(61(5,6)30-31-62(51,7)8)36-52(54)63-56-46(35-47-44-20-14-15-21-55(44)66-58(47)57(56)64)45-32-40-18-12-13-19-41(40)33-53(45)65(63)42-24-22-39(23-25-42)38-16-10-9-11-17-38/h9-27,32-37H,28-31H2,1-8H3. The molecule has 0 radical (unpaired) electrons. The molecule has 0 saturated heterocycles. The van der Waals surface area contributed by atoms with E-state index in [2.05, 4.69) is 217 Å². The summed E-state index contributed by atoms with van der Waals surface area (Å²) in [6, 6.07) is 57.8. The summed E-state index contributed by atoms with van der Waals surface area (Å²) in [6.45, 7) is 19.5. The van der Waals surface area contributed by atoms with E-state index in [4.69, 9.17) is 4.42 Å². The zero-order valence-electron chi connectivity index (χ0n) is 39.6. The van der Waals surface area contributed by atoms with Crippen LogP contribution in [-0.4, -0.2) is 6.85 Å². The second-order valence-corrected chi connectivity index (χ2v) is 22.6. The number of fused-ring (bicyclic) bond motifs is 11. The number of nitrogens with zero attached hydrogens (tertiary/aromatic N) is 2. The van der Waals surface area contributed by atoms with Crippen molar-refractivity contribution >= 4 is 78.9 Å². The molecule has 0 N–H and O–H groups in total. The number of anilines is 5. The number of rotatable bonds is 3. The summed E-state index contributed by atoms with van der Waals surface area (Å²) in [7, 11) is 0. The van der Waals surface area contributed by atoms with Crippen LogP contribution in [0.5, 0.6) is 0 Å². The predicted molar refractivity (Wildman–Crippen MR) is 281 cm³/mol. The molecule has 3 heterocycles. The van der Waals surface area contributed by atoms with Crippen molar-refractivity contribution in [3.05, 3.63) is 174 Å². The van der Waals surface area contributed by atoms with Gasteiger partial charge in [-0.3, -0.25) is 0 Å². The van der Waals surface area contributed by atoms with Crippen LogP contribution in [0.2, 0.25) is 0 Å².